The molecule has 1 unspecified atom stereocenters. The summed E-state index contributed by atoms with van der Waals surface area (Å²) in [6.07, 6.45) is 0.834. The smallest absolute Gasteiger partial charge is 0.191 e. The summed E-state index contributed by atoms with van der Waals surface area (Å²) >= 11 is 1.68. The van der Waals surface area contributed by atoms with Crippen LogP contribution >= 0.6 is 35.3 Å². The fourth-order valence-electron chi connectivity index (χ4n) is 2.43. The second-order valence-corrected chi connectivity index (χ2v) is 6.55. The lowest BCUT2D eigenvalue weighted by Gasteiger charge is -2.27. The molecule has 3 rings (SSSR count). The Kier molecular flexibility index (Phi) is 7.76. The van der Waals surface area contributed by atoms with E-state index >= 15 is 0 Å². The zero-order valence-electron chi connectivity index (χ0n) is 14.3. The highest BCUT2D eigenvalue weighted by atomic mass is 127. The molecule has 1 aliphatic heterocycles. The van der Waals surface area contributed by atoms with Crippen molar-refractivity contribution in [2.24, 2.45) is 4.99 Å². The molecule has 2 aromatic rings. The Morgan fingerprint density at radius 1 is 1.32 bits per heavy atom. The SMILES string of the molecule is CN=C(NCCc1csc(C)n1)NCC1COc2ccccc2O1.I. The molecule has 2 N–H and O–H groups in total. The Balaban J connectivity index is 0.00000225. The summed E-state index contributed by atoms with van der Waals surface area (Å²) < 4.78 is 11.6. The van der Waals surface area contributed by atoms with Crippen LogP contribution in [-0.4, -0.2) is 43.8 Å². The molecule has 1 atom stereocenters. The standard InChI is InChI=1S/C17H22N4O2S.HI/c1-12-21-13(11-24-12)7-8-19-17(18-2)20-9-14-10-22-15-5-3-4-6-16(15)23-14;/h3-6,11,14H,7-10H2,1-2H3,(H2,18,19,20);1H. The van der Waals surface area contributed by atoms with Gasteiger partial charge in [0.25, 0.3) is 0 Å². The van der Waals surface area contributed by atoms with Crippen LogP contribution < -0.4 is 20.1 Å². The first kappa shape index (κ1) is 19.8. The third-order valence-electron chi connectivity index (χ3n) is 3.63. The molecule has 2 heterocycles. The molecule has 1 aromatic carbocycles. The van der Waals surface area contributed by atoms with Crippen molar-refractivity contribution in [3.63, 3.8) is 0 Å². The van der Waals surface area contributed by atoms with Gasteiger partial charge in [-0.15, -0.1) is 35.3 Å². The molecule has 0 radical (unpaired) electrons. The molecule has 0 saturated heterocycles. The molecule has 0 spiro atoms. The molecular weight excluding hydrogens is 451 g/mol. The average Bonchev–Trinajstić information content (AvgIpc) is 3.03. The minimum Gasteiger partial charge on any atom is -0.486 e. The second kappa shape index (κ2) is 9.81. The van der Waals surface area contributed by atoms with Gasteiger partial charge in [-0.3, -0.25) is 4.99 Å². The Bertz CT molecular complexity index is 707. The summed E-state index contributed by atoms with van der Waals surface area (Å²) in [5, 5.41) is 9.76. The van der Waals surface area contributed by atoms with E-state index in [-0.39, 0.29) is 30.1 Å². The van der Waals surface area contributed by atoms with Crippen LogP contribution in [0.3, 0.4) is 0 Å². The van der Waals surface area contributed by atoms with Gasteiger partial charge in [0.1, 0.15) is 12.7 Å². The van der Waals surface area contributed by atoms with Gasteiger partial charge >= 0.3 is 0 Å². The topological polar surface area (TPSA) is 67.8 Å². The Morgan fingerprint density at radius 2 is 2.12 bits per heavy atom. The maximum absolute atomic E-state index is 5.92. The zero-order valence-corrected chi connectivity index (χ0v) is 17.5. The summed E-state index contributed by atoms with van der Waals surface area (Å²) in [5.41, 5.74) is 1.11. The number of thiazole rings is 1. The lowest BCUT2D eigenvalue weighted by Crippen LogP contribution is -2.45. The molecule has 0 saturated carbocycles. The normalized spacial score (nSPS) is 16.1. The van der Waals surface area contributed by atoms with Gasteiger partial charge in [0, 0.05) is 25.4 Å². The van der Waals surface area contributed by atoms with Crippen LogP contribution in [0.5, 0.6) is 11.5 Å². The number of aromatic nitrogens is 1. The van der Waals surface area contributed by atoms with Crippen LogP contribution in [0, 0.1) is 6.92 Å². The number of aliphatic imine (C=N–C) groups is 1. The predicted molar refractivity (Wildman–Crippen MR) is 112 cm³/mol. The lowest BCUT2D eigenvalue weighted by molar-refractivity contribution is 0.0936. The Morgan fingerprint density at radius 3 is 2.84 bits per heavy atom. The molecule has 0 aliphatic carbocycles. The number of para-hydroxylation sites is 2. The third-order valence-corrected chi connectivity index (χ3v) is 4.45. The van der Waals surface area contributed by atoms with Gasteiger partial charge in [0.05, 0.1) is 17.2 Å². The first-order chi connectivity index (χ1) is 11.7. The lowest BCUT2D eigenvalue weighted by atomic mass is 10.2. The largest absolute Gasteiger partial charge is 0.486 e. The van der Waals surface area contributed by atoms with Crippen molar-refractivity contribution in [3.05, 3.63) is 40.3 Å². The zero-order chi connectivity index (χ0) is 16.8. The summed E-state index contributed by atoms with van der Waals surface area (Å²) in [4.78, 5) is 8.69. The monoisotopic (exact) mass is 474 g/mol. The van der Waals surface area contributed by atoms with Crippen LogP contribution in [0.25, 0.3) is 0 Å². The summed E-state index contributed by atoms with van der Waals surface area (Å²) in [6.45, 7) is 3.96. The second-order valence-electron chi connectivity index (χ2n) is 5.49. The van der Waals surface area contributed by atoms with E-state index in [1.807, 2.05) is 31.2 Å². The molecule has 0 amide bonds. The summed E-state index contributed by atoms with van der Waals surface area (Å²) in [6, 6.07) is 7.72. The van der Waals surface area contributed by atoms with Crippen molar-refractivity contribution >= 4 is 41.3 Å². The number of ether oxygens (including phenoxy) is 2. The number of rotatable bonds is 5. The molecule has 0 bridgehead atoms. The van der Waals surface area contributed by atoms with E-state index in [0.717, 1.165) is 41.1 Å². The highest BCUT2D eigenvalue weighted by Crippen LogP contribution is 2.30. The molecular formula is C17H23IN4O2S. The average molecular weight is 474 g/mol. The molecule has 0 fully saturated rings. The van der Waals surface area contributed by atoms with Crippen molar-refractivity contribution in [1.82, 2.24) is 15.6 Å². The highest BCUT2D eigenvalue weighted by molar-refractivity contribution is 14.0. The fraction of sp³-hybridized carbons (Fsp3) is 0.412. The van der Waals surface area contributed by atoms with Gasteiger partial charge in [-0.2, -0.15) is 0 Å². The van der Waals surface area contributed by atoms with Gasteiger partial charge in [0.15, 0.2) is 17.5 Å². The van der Waals surface area contributed by atoms with Crippen LogP contribution in [0.15, 0.2) is 34.6 Å². The van der Waals surface area contributed by atoms with Crippen molar-refractivity contribution in [2.75, 3.05) is 26.7 Å². The molecule has 1 aromatic heterocycles. The fourth-order valence-corrected chi connectivity index (χ4v) is 3.07. The maximum Gasteiger partial charge on any atom is 0.191 e. The minimum atomic E-state index is -0.0420. The van der Waals surface area contributed by atoms with Gasteiger partial charge in [-0.05, 0) is 19.1 Å². The maximum atomic E-state index is 5.92. The molecule has 136 valence electrons. The highest BCUT2D eigenvalue weighted by Gasteiger charge is 2.20. The van der Waals surface area contributed by atoms with Crippen LogP contribution in [0.2, 0.25) is 0 Å². The number of aryl methyl sites for hydroxylation is 1. The van der Waals surface area contributed by atoms with Crippen molar-refractivity contribution < 1.29 is 9.47 Å². The summed E-state index contributed by atoms with van der Waals surface area (Å²) in [5.74, 6) is 2.34. The quantitative estimate of drug-likeness (QED) is 0.396. The van der Waals surface area contributed by atoms with Crippen LogP contribution in [0.1, 0.15) is 10.7 Å². The van der Waals surface area contributed by atoms with E-state index in [4.69, 9.17) is 9.47 Å². The number of nitrogens with one attached hydrogen (secondary N) is 2. The molecule has 8 heteroatoms. The number of halogens is 1. The van der Waals surface area contributed by atoms with Crippen LogP contribution in [0.4, 0.5) is 0 Å². The van der Waals surface area contributed by atoms with E-state index in [0.29, 0.717) is 13.2 Å². The van der Waals surface area contributed by atoms with Gasteiger partial charge in [-0.25, -0.2) is 4.98 Å². The number of nitrogens with zero attached hydrogens (tertiary/aromatic N) is 2. The summed E-state index contributed by atoms with van der Waals surface area (Å²) in [7, 11) is 1.76. The number of hydrogen-bond acceptors (Lipinski definition) is 5. The molecule has 1 aliphatic rings. The first-order valence-corrected chi connectivity index (χ1v) is 8.86. The van der Waals surface area contributed by atoms with Crippen molar-refractivity contribution in [3.8, 4) is 11.5 Å². The number of hydrogen-bond donors (Lipinski definition) is 2. The van der Waals surface area contributed by atoms with Crippen LogP contribution in [-0.2, 0) is 6.42 Å². The van der Waals surface area contributed by atoms with Crippen molar-refractivity contribution in [1.29, 1.82) is 0 Å². The third kappa shape index (κ3) is 5.74. The van der Waals surface area contributed by atoms with E-state index in [9.17, 15) is 0 Å². The van der Waals surface area contributed by atoms with Crippen molar-refractivity contribution in [2.45, 2.75) is 19.4 Å². The molecule has 25 heavy (non-hydrogen) atoms. The van der Waals surface area contributed by atoms with E-state index < -0.39 is 0 Å². The predicted octanol–water partition coefficient (Wildman–Crippen LogP) is 2.62. The number of benzene rings is 1. The minimum absolute atomic E-state index is 0. The first-order valence-electron chi connectivity index (χ1n) is 7.98. The number of guanidine groups is 1. The number of fused-ring (bicyclic) bond motifs is 1. The Hall–Kier alpha value is -1.55. The van der Waals surface area contributed by atoms with Gasteiger partial charge in [-0.1, -0.05) is 12.1 Å². The van der Waals surface area contributed by atoms with Gasteiger partial charge < -0.3 is 20.1 Å². The Labute approximate surface area is 169 Å². The van der Waals surface area contributed by atoms with E-state index in [2.05, 4.69) is 26.0 Å². The molecule has 6 nitrogen and oxygen atoms in total. The van der Waals surface area contributed by atoms with E-state index in [1.54, 1.807) is 18.4 Å². The van der Waals surface area contributed by atoms with E-state index in [1.165, 1.54) is 0 Å². The van der Waals surface area contributed by atoms with Gasteiger partial charge in [0.2, 0.25) is 0 Å².